The van der Waals surface area contributed by atoms with Gasteiger partial charge >= 0.3 is 0 Å². The average molecular weight is 217 g/mol. The molecule has 1 aromatic heterocycles. The molecule has 0 aliphatic rings. The minimum atomic E-state index is 1.11. The largest absolute Gasteiger partial charge is 0.129 e. The molecule has 0 spiro atoms. The number of rotatable bonds is 2. The summed E-state index contributed by atoms with van der Waals surface area (Å²) < 4.78 is 1.20. The molecule has 0 aliphatic heterocycles. The quantitative estimate of drug-likeness (QED) is 0.703. The van der Waals surface area contributed by atoms with Gasteiger partial charge in [0.05, 0.1) is 3.79 Å². The van der Waals surface area contributed by atoms with Gasteiger partial charge in [0.25, 0.3) is 0 Å². The lowest BCUT2D eigenvalue weighted by Crippen LogP contribution is -1.54. The Morgan fingerprint density at radius 1 is 1.60 bits per heavy atom. The van der Waals surface area contributed by atoms with Crippen LogP contribution in [0.15, 0.2) is 22.0 Å². The highest BCUT2D eigenvalue weighted by molar-refractivity contribution is 9.11. The minimum absolute atomic E-state index is 1.11. The zero-order chi connectivity index (χ0) is 7.40. The van der Waals surface area contributed by atoms with Crippen LogP contribution in [0.25, 0.3) is 6.08 Å². The third-order valence-electron chi connectivity index (χ3n) is 1.11. The van der Waals surface area contributed by atoms with Gasteiger partial charge in [0.1, 0.15) is 0 Å². The van der Waals surface area contributed by atoms with Crippen LogP contribution < -0.4 is 0 Å². The average Bonchev–Trinajstić information content (AvgIpc) is 2.31. The highest BCUT2D eigenvalue weighted by atomic mass is 79.9. The SMILES string of the molecule is CC/C=C/c1ccc(Br)s1. The van der Waals surface area contributed by atoms with Crippen molar-refractivity contribution in [3.63, 3.8) is 0 Å². The Balaban J connectivity index is 2.67. The maximum atomic E-state index is 3.41. The Morgan fingerprint density at radius 2 is 2.40 bits per heavy atom. The predicted molar refractivity (Wildman–Crippen MR) is 51.3 cm³/mol. The summed E-state index contributed by atoms with van der Waals surface area (Å²) in [7, 11) is 0. The third-order valence-corrected chi connectivity index (χ3v) is 2.70. The van der Waals surface area contributed by atoms with Crippen LogP contribution in [0, 0.1) is 0 Å². The zero-order valence-electron chi connectivity index (χ0n) is 5.80. The first-order valence-electron chi connectivity index (χ1n) is 3.25. The Labute approximate surface area is 73.7 Å². The van der Waals surface area contributed by atoms with E-state index in [2.05, 4.69) is 47.1 Å². The molecule has 0 aliphatic carbocycles. The maximum absolute atomic E-state index is 3.41. The normalized spacial score (nSPS) is 11.0. The molecule has 0 bridgehead atoms. The van der Waals surface area contributed by atoms with Crippen molar-refractivity contribution in [1.29, 1.82) is 0 Å². The lowest BCUT2D eigenvalue weighted by molar-refractivity contribution is 1.23. The van der Waals surface area contributed by atoms with E-state index >= 15 is 0 Å². The lowest BCUT2D eigenvalue weighted by Gasteiger charge is -1.79. The van der Waals surface area contributed by atoms with Gasteiger partial charge in [-0.25, -0.2) is 0 Å². The fraction of sp³-hybridized carbons (Fsp3) is 0.250. The van der Waals surface area contributed by atoms with Gasteiger partial charge < -0.3 is 0 Å². The second-order valence-electron chi connectivity index (χ2n) is 1.95. The van der Waals surface area contributed by atoms with E-state index in [9.17, 15) is 0 Å². The zero-order valence-corrected chi connectivity index (χ0v) is 8.21. The van der Waals surface area contributed by atoms with Crippen LogP contribution in [0.4, 0.5) is 0 Å². The van der Waals surface area contributed by atoms with Crippen LogP contribution in [0.3, 0.4) is 0 Å². The van der Waals surface area contributed by atoms with Gasteiger partial charge in [-0.3, -0.25) is 0 Å². The smallest absolute Gasteiger partial charge is 0.0704 e. The molecule has 10 heavy (non-hydrogen) atoms. The molecule has 0 fully saturated rings. The second-order valence-corrected chi connectivity index (χ2v) is 4.45. The molecule has 0 radical (unpaired) electrons. The Kier molecular flexibility index (Phi) is 3.16. The van der Waals surface area contributed by atoms with Crippen molar-refractivity contribution < 1.29 is 0 Å². The third kappa shape index (κ3) is 2.27. The van der Waals surface area contributed by atoms with E-state index in [1.165, 1.54) is 8.66 Å². The molecule has 0 amide bonds. The van der Waals surface area contributed by atoms with Gasteiger partial charge in [-0.1, -0.05) is 13.0 Å². The topological polar surface area (TPSA) is 0 Å². The molecular weight excluding hydrogens is 208 g/mol. The molecule has 1 rings (SSSR count). The van der Waals surface area contributed by atoms with Gasteiger partial charge in [-0.15, -0.1) is 11.3 Å². The molecule has 2 heteroatoms. The molecule has 1 aromatic rings. The van der Waals surface area contributed by atoms with E-state index < -0.39 is 0 Å². The van der Waals surface area contributed by atoms with Gasteiger partial charge in [0, 0.05) is 4.88 Å². The lowest BCUT2D eigenvalue weighted by atomic mass is 10.4. The summed E-state index contributed by atoms with van der Waals surface area (Å²) in [6.45, 7) is 2.14. The summed E-state index contributed by atoms with van der Waals surface area (Å²) >= 11 is 5.17. The van der Waals surface area contributed by atoms with Crippen molar-refractivity contribution in [3.05, 3.63) is 26.9 Å². The van der Waals surface area contributed by atoms with Gasteiger partial charge in [-0.2, -0.15) is 0 Å². The molecule has 0 N–H and O–H groups in total. The van der Waals surface area contributed by atoms with Crippen LogP contribution >= 0.6 is 27.3 Å². The number of allylic oxidation sites excluding steroid dienone is 1. The van der Waals surface area contributed by atoms with Crippen molar-refractivity contribution in [2.24, 2.45) is 0 Å². The van der Waals surface area contributed by atoms with Crippen LogP contribution in [-0.2, 0) is 0 Å². The summed E-state index contributed by atoms with van der Waals surface area (Å²) in [6, 6.07) is 4.18. The van der Waals surface area contributed by atoms with E-state index in [1.54, 1.807) is 11.3 Å². The van der Waals surface area contributed by atoms with Crippen molar-refractivity contribution in [1.82, 2.24) is 0 Å². The Morgan fingerprint density at radius 3 is 2.90 bits per heavy atom. The van der Waals surface area contributed by atoms with Gasteiger partial charge in [0.15, 0.2) is 0 Å². The van der Waals surface area contributed by atoms with Crippen molar-refractivity contribution in [2.45, 2.75) is 13.3 Å². The summed E-state index contributed by atoms with van der Waals surface area (Å²) in [5.41, 5.74) is 0. The van der Waals surface area contributed by atoms with E-state index in [0.29, 0.717) is 0 Å². The van der Waals surface area contributed by atoms with E-state index in [-0.39, 0.29) is 0 Å². The van der Waals surface area contributed by atoms with Gasteiger partial charge in [0.2, 0.25) is 0 Å². The van der Waals surface area contributed by atoms with Crippen molar-refractivity contribution >= 4 is 33.3 Å². The second kappa shape index (κ2) is 3.94. The van der Waals surface area contributed by atoms with E-state index in [1.807, 2.05) is 0 Å². The first-order valence-corrected chi connectivity index (χ1v) is 4.85. The molecule has 54 valence electrons. The Bertz CT molecular complexity index is 225. The summed E-state index contributed by atoms with van der Waals surface area (Å²) in [4.78, 5) is 1.31. The number of thiophene rings is 1. The summed E-state index contributed by atoms with van der Waals surface area (Å²) in [6.07, 6.45) is 5.42. The Hall–Kier alpha value is -0.0800. The summed E-state index contributed by atoms with van der Waals surface area (Å²) in [5.74, 6) is 0. The van der Waals surface area contributed by atoms with Crippen LogP contribution in [0.2, 0.25) is 0 Å². The van der Waals surface area contributed by atoms with Crippen molar-refractivity contribution in [3.8, 4) is 0 Å². The van der Waals surface area contributed by atoms with Crippen LogP contribution in [0.1, 0.15) is 18.2 Å². The molecule has 0 atom stereocenters. The molecular formula is C8H9BrS. The maximum Gasteiger partial charge on any atom is 0.0704 e. The molecule has 0 unspecified atom stereocenters. The fourth-order valence-electron chi connectivity index (χ4n) is 0.652. The monoisotopic (exact) mass is 216 g/mol. The van der Waals surface area contributed by atoms with Gasteiger partial charge in [-0.05, 0) is 40.6 Å². The fourth-order valence-corrected chi connectivity index (χ4v) is 2.01. The molecule has 0 aromatic carbocycles. The highest BCUT2D eigenvalue weighted by Gasteiger charge is 1.90. The summed E-state index contributed by atoms with van der Waals surface area (Å²) in [5, 5.41) is 0. The number of hydrogen-bond donors (Lipinski definition) is 0. The molecule has 1 heterocycles. The van der Waals surface area contributed by atoms with E-state index in [4.69, 9.17) is 0 Å². The van der Waals surface area contributed by atoms with Crippen molar-refractivity contribution in [2.75, 3.05) is 0 Å². The molecule has 0 nitrogen and oxygen atoms in total. The number of hydrogen-bond acceptors (Lipinski definition) is 1. The standard InChI is InChI=1S/C8H9BrS/c1-2-3-4-7-5-6-8(9)10-7/h3-6H,2H2,1H3/b4-3+. The van der Waals surface area contributed by atoms with E-state index in [0.717, 1.165) is 6.42 Å². The molecule has 0 saturated carbocycles. The van der Waals surface area contributed by atoms with Crippen LogP contribution in [-0.4, -0.2) is 0 Å². The highest BCUT2D eigenvalue weighted by Crippen LogP contribution is 2.22. The number of halogens is 1. The first kappa shape index (κ1) is 8.02. The predicted octanol–water partition coefficient (Wildman–Crippen LogP) is 3.93. The first-order chi connectivity index (χ1) is 4.83. The van der Waals surface area contributed by atoms with Crippen LogP contribution in [0.5, 0.6) is 0 Å². The minimum Gasteiger partial charge on any atom is -0.129 e. The molecule has 0 saturated heterocycles.